The van der Waals surface area contributed by atoms with Crippen LogP contribution in [-0.4, -0.2) is 9.52 Å². The minimum Gasteiger partial charge on any atom is -0.0622 e. The second-order valence-electron chi connectivity index (χ2n) is 4.70. The van der Waals surface area contributed by atoms with E-state index in [9.17, 15) is 0 Å². The lowest BCUT2D eigenvalue weighted by atomic mass is 10.0. The highest BCUT2D eigenvalue weighted by Crippen LogP contribution is 2.32. The van der Waals surface area contributed by atoms with E-state index < -0.39 is 0 Å². The molecule has 80 valence electrons. The van der Waals surface area contributed by atoms with Crippen molar-refractivity contribution < 1.29 is 0 Å². The molecule has 1 saturated carbocycles. The lowest BCUT2D eigenvalue weighted by Gasteiger charge is -2.13. The van der Waals surface area contributed by atoms with Crippen molar-refractivity contribution in [1.82, 2.24) is 0 Å². The SMILES string of the molecule is CC(C[Si]C1CCCC1)c1ccccc1. The summed E-state index contributed by atoms with van der Waals surface area (Å²) in [4.78, 5) is 0. The molecule has 0 aliphatic heterocycles. The van der Waals surface area contributed by atoms with Crippen LogP contribution in [0.15, 0.2) is 30.3 Å². The van der Waals surface area contributed by atoms with Crippen LogP contribution >= 0.6 is 0 Å². The minimum atomic E-state index is 0.755. The fourth-order valence-electron chi connectivity index (χ4n) is 2.37. The summed E-state index contributed by atoms with van der Waals surface area (Å²) >= 11 is 0. The lowest BCUT2D eigenvalue weighted by Crippen LogP contribution is -2.03. The summed E-state index contributed by atoms with van der Waals surface area (Å²) in [5.41, 5.74) is 2.58. The molecule has 0 bridgehead atoms. The molecule has 0 spiro atoms. The molecule has 0 saturated heterocycles. The molecule has 2 rings (SSSR count). The Hall–Kier alpha value is -0.563. The normalized spacial score (nSPS) is 19.3. The second kappa shape index (κ2) is 5.50. The first-order valence-corrected chi connectivity index (χ1v) is 7.43. The monoisotopic (exact) mass is 216 g/mol. The van der Waals surface area contributed by atoms with E-state index in [1.165, 1.54) is 46.8 Å². The highest BCUT2D eigenvalue weighted by Gasteiger charge is 2.16. The van der Waals surface area contributed by atoms with Crippen molar-refractivity contribution in [3.8, 4) is 0 Å². The highest BCUT2D eigenvalue weighted by molar-refractivity contribution is 6.37. The number of benzene rings is 1. The van der Waals surface area contributed by atoms with Gasteiger partial charge in [0.1, 0.15) is 0 Å². The summed E-state index contributed by atoms with van der Waals surface area (Å²) in [6, 6.07) is 12.4. The van der Waals surface area contributed by atoms with Gasteiger partial charge in [0.2, 0.25) is 0 Å². The summed E-state index contributed by atoms with van der Waals surface area (Å²) in [5.74, 6) is 0.755. The van der Waals surface area contributed by atoms with Gasteiger partial charge in [0, 0.05) is 9.52 Å². The molecule has 1 heteroatoms. The Morgan fingerprint density at radius 3 is 2.53 bits per heavy atom. The topological polar surface area (TPSA) is 0 Å². The number of hydrogen-bond acceptors (Lipinski definition) is 0. The molecule has 0 nitrogen and oxygen atoms in total. The first-order valence-electron chi connectivity index (χ1n) is 6.14. The van der Waals surface area contributed by atoms with E-state index in [2.05, 4.69) is 37.3 Å². The molecule has 1 aromatic rings. The highest BCUT2D eigenvalue weighted by atomic mass is 28.2. The van der Waals surface area contributed by atoms with Gasteiger partial charge in [0.15, 0.2) is 0 Å². The van der Waals surface area contributed by atoms with Crippen LogP contribution in [0.3, 0.4) is 0 Å². The molecule has 1 unspecified atom stereocenters. The predicted molar refractivity (Wildman–Crippen MR) is 67.6 cm³/mol. The standard InChI is InChI=1S/C14H20Si/c1-12(13-7-3-2-4-8-13)11-15-14-9-5-6-10-14/h2-4,7-8,12,14H,5-6,9-11H2,1H3. The van der Waals surface area contributed by atoms with E-state index in [1.807, 2.05) is 0 Å². The van der Waals surface area contributed by atoms with Gasteiger partial charge in [-0.2, -0.15) is 0 Å². The van der Waals surface area contributed by atoms with Gasteiger partial charge in [0.25, 0.3) is 0 Å². The van der Waals surface area contributed by atoms with E-state index in [-0.39, 0.29) is 0 Å². The first-order chi connectivity index (χ1) is 7.36. The summed E-state index contributed by atoms with van der Waals surface area (Å²) in [7, 11) is 1.19. The number of hydrogen-bond donors (Lipinski definition) is 0. The molecule has 0 amide bonds. The van der Waals surface area contributed by atoms with Gasteiger partial charge in [0.05, 0.1) is 0 Å². The van der Waals surface area contributed by atoms with E-state index in [4.69, 9.17) is 0 Å². The molecular formula is C14H20Si. The molecular weight excluding hydrogens is 196 g/mol. The maximum Gasteiger partial charge on any atom is 0.0419 e. The Balaban J connectivity index is 1.79. The zero-order valence-electron chi connectivity index (χ0n) is 9.58. The van der Waals surface area contributed by atoms with Crippen molar-refractivity contribution in [3.05, 3.63) is 35.9 Å². The quantitative estimate of drug-likeness (QED) is 0.659. The third-order valence-electron chi connectivity index (χ3n) is 3.44. The molecule has 1 aliphatic carbocycles. The van der Waals surface area contributed by atoms with Gasteiger partial charge < -0.3 is 0 Å². The summed E-state index contributed by atoms with van der Waals surface area (Å²) in [5, 5.41) is 0. The van der Waals surface area contributed by atoms with E-state index >= 15 is 0 Å². The van der Waals surface area contributed by atoms with Gasteiger partial charge >= 0.3 is 0 Å². The van der Waals surface area contributed by atoms with Crippen LogP contribution in [0, 0.1) is 0 Å². The molecule has 1 fully saturated rings. The van der Waals surface area contributed by atoms with E-state index in [1.54, 1.807) is 0 Å². The van der Waals surface area contributed by atoms with Crippen molar-refractivity contribution in [2.24, 2.45) is 0 Å². The Labute approximate surface area is 95.9 Å². The zero-order chi connectivity index (χ0) is 10.5. The van der Waals surface area contributed by atoms with Gasteiger partial charge in [-0.15, -0.1) is 0 Å². The Kier molecular flexibility index (Phi) is 4.01. The van der Waals surface area contributed by atoms with Crippen LogP contribution in [-0.2, 0) is 0 Å². The predicted octanol–water partition coefficient (Wildman–Crippen LogP) is 4.28. The summed E-state index contributed by atoms with van der Waals surface area (Å²) < 4.78 is 0. The third kappa shape index (κ3) is 3.20. The molecule has 15 heavy (non-hydrogen) atoms. The smallest absolute Gasteiger partial charge is 0.0419 e. The Morgan fingerprint density at radius 1 is 1.20 bits per heavy atom. The molecule has 1 aliphatic rings. The van der Waals surface area contributed by atoms with Crippen LogP contribution in [0.1, 0.15) is 44.1 Å². The molecule has 1 aromatic carbocycles. The second-order valence-corrected chi connectivity index (χ2v) is 6.33. The Morgan fingerprint density at radius 2 is 1.87 bits per heavy atom. The maximum atomic E-state index is 2.37. The van der Waals surface area contributed by atoms with Crippen LogP contribution in [0.4, 0.5) is 0 Å². The molecule has 0 aromatic heterocycles. The van der Waals surface area contributed by atoms with Crippen LogP contribution in [0.5, 0.6) is 0 Å². The first kappa shape index (κ1) is 10.9. The fraction of sp³-hybridized carbons (Fsp3) is 0.571. The number of rotatable bonds is 4. The average Bonchev–Trinajstić information content (AvgIpc) is 2.80. The van der Waals surface area contributed by atoms with Crippen LogP contribution in [0.2, 0.25) is 11.6 Å². The largest absolute Gasteiger partial charge is 0.0622 e. The van der Waals surface area contributed by atoms with Crippen LogP contribution in [0.25, 0.3) is 0 Å². The summed E-state index contributed by atoms with van der Waals surface area (Å²) in [6.07, 6.45) is 5.97. The fourth-order valence-corrected chi connectivity index (χ4v) is 4.11. The van der Waals surface area contributed by atoms with Gasteiger partial charge in [-0.25, -0.2) is 0 Å². The van der Waals surface area contributed by atoms with Crippen LogP contribution < -0.4 is 0 Å². The lowest BCUT2D eigenvalue weighted by molar-refractivity contribution is 0.813. The average molecular weight is 216 g/mol. The molecule has 2 radical (unpaired) electrons. The van der Waals surface area contributed by atoms with Gasteiger partial charge in [-0.3, -0.25) is 0 Å². The van der Waals surface area contributed by atoms with E-state index in [0.29, 0.717) is 0 Å². The minimum absolute atomic E-state index is 0.755. The van der Waals surface area contributed by atoms with Gasteiger partial charge in [-0.05, 0) is 17.0 Å². The zero-order valence-corrected chi connectivity index (χ0v) is 10.6. The van der Waals surface area contributed by atoms with Crippen molar-refractivity contribution in [2.75, 3.05) is 0 Å². The maximum absolute atomic E-state index is 2.37. The summed E-state index contributed by atoms with van der Waals surface area (Å²) in [6.45, 7) is 2.37. The van der Waals surface area contributed by atoms with Crippen molar-refractivity contribution >= 4 is 9.52 Å². The Bertz CT molecular complexity index is 275. The van der Waals surface area contributed by atoms with Crippen molar-refractivity contribution in [2.45, 2.75) is 50.1 Å². The van der Waals surface area contributed by atoms with Gasteiger partial charge in [-0.1, -0.05) is 69.0 Å². The molecule has 0 heterocycles. The third-order valence-corrected chi connectivity index (χ3v) is 5.44. The van der Waals surface area contributed by atoms with Crippen molar-refractivity contribution in [3.63, 3.8) is 0 Å². The molecule has 0 N–H and O–H groups in total. The molecule has 1 atom stereocenters. The van der Waals surface area contributed by atoms with E-state index in [0.717, 1.165) is 11.5 Å². The van der Waals surface area contributed by atoms with Crippen molar-refractivity contribution in [1.29, 1.82) is 0 Å².